The van der Waals surface area contributed by atoms with Gasteiger partial charge in [0, 0.05) is 6.54 Å². The second kappa shape index (κ2) is 4.42. The number of hydrogen-bond acceptors (Lipinski definition) is 4. The standard InChI is InChI=1S/C12H16ClN3O/c13-9-6-14-12(15-7-9)16-4-3-8-1-2-11(17)10(16)5-8/h6-8,10-11,17H,1-5H2. The van der Waals surface area contributed by atoms with Gasteiger partial charge in [-0.1, -0.05) is 11.6 Å². The molecule has 92 valence electrons. The number of aromatic nitrogens is 2. The average molecular weight is 254 g/mol. The van der Waals surface area contributed by atoms with Crippen LogP contribution in [0, 0.1) is 5.92 Å². The lowest BCUT2D eigenvalue weighted by atomic mass is 9.78. The van der Waals surface area contributed by atoms with Gasteiger partial charge < -0.3 is 10.0 Å². The monoisotopic (exact) mass is 253 g/mol. The van der Waals surface area contributed by atoms with Crippen LogP contribution in [0.4, 0.5) is 5.95 Å². The van der Waals surface area contributed by atoms with Gasteiger partial charge in [-0.05, 0) is 31.6 Å². The van der Waals surface area contributed by atoms with Gasteiger partial charge in [0.2, 0.25) is 5.95 Å². The summed E-state index contributed by atoms with van der Waals surface area (Å²) in [6.07, 6.45) is 7.29. The van der Waals surface area contributed by atoms with Crippen LogP contribution >= 0.6 is 11.6 Å². The maximum atomic E-state index is 10.1. The lowest BCUT2D eigenvalue weighted by molar-refractivity contribution is 0.0658. The van der Waals surface area contributed by atoms with E-state index in [1.807, 2.05) is 0 Å². The zero-order chi connectivity index (χ0) is 11.8. The number of hydrogen-bond donors (Lipinski definition) is 1. The van der Waals surface area contributed by atoms with Crippen LogP contribution in [0.15, 0.2) is 12.4 Å². The Labute approximate surface area is 106 Å². The first-order valence-corrected chi connectivity index (χ1v) is 6.54. The number of halogens is 1. The summed E-state index contributed by atoms with van der Waals surface area (Å²) in [5, 5.41) is 10.6. The van der Waals surface area contributed by atoms with Crippen molar-refractivity contribution in [2.75, 3.05) is 11.4 Å². The van der Waals surface area contributed by atoms with Crippen molar-refractivity contribution in [2.24, 2.45) is 5.92 Å². The number of fused-ring (bicyclic) bond motifs is 2. The molecule has 0 radical (unpaired) electrons. The third kappa shape index (κ3) is 2.11. The molecule has 1 N–H and O–H groups in total. The van der Waals surface area contributed by atoms with E-state index >= 15 is 0 Å². The van der Waals surface area contributed by atoms with Crippen LogP contribution in [0.3, 0.4) is 0 Å². The number of nitrogens with zero attached hydrogens (tertiary/aromatic N) is 3. The fourth-order valence-corrected chi connectivity index (χ4v) is 3.10. The van der Waals surface area contributed by atoms with E-state index in [4.69, 9.17) is 11.6 Å². The van der Waals surface area contributed by atoms with E-state index in [0.717, 1.165) is 31.7 Å². The minimum atomic E-state index is -0.245. The predicted octanol–water partition coefficient (Wildman–Crippen LogP) is 1.87. The van der Waals surface area contributed by atoms with E-state index in [1.54, 1.807) is 12.4 Å². The molecule has 3 atom stereocenters. The van der Waals surface area contributed by atoms with Gasteiger partial charge in [0.25, 0.3) is 0 Å². The summed E-state index contributed by atoms with van der Waals surface area (Å²) in [5.41, 5.74) is 0. The van der Waals surface area contributed by atoms with Gasteiger partial charge in [-0.2, -0.15) is 0 Å². The van der Waals surface area contributed by atoms with E-state index in [-0.39, 0.29) is 12.1 Å². The quantitative estimate of drug-likeness (QED) is 0.830. The molecule has 1 aliphatic heterocycles. The first-order chi connectivity index (χ1) is 8.24. The van der Waals surface area contributed by atoms with Gasteiger partial charge in [-0.3, -0.25) is 0 Å². The Hall–Kier alpha value is -0.870. The Balaban J connectivity index is 1.84. The minimum absolute atomic E-state index is 0.184. The molecule has 1 aliphatic carbocycles. The minimum Gasteiger partial charge on any atom is -0.391 e. The van der Waals surface area contributed by atoms with Gasteiger partial charge in [0.15, 0.2) is 0 Å². The Kier molecular flexibility index (Phi) is 2.92. The first kappa shape index (κ1) is 11.2. The zero-order valence-corrected chi connectivity index (χ0v) is 10.3. The van der Waals surface area contributed by atoms with Gasteiger partial charge in [0.1, 0.15) is 0 Å². The third-order valence-electron chi connectivity index (χ3n) is 3.93. The molecule has 3 unspecified atom stereocenters. The van der Waals surface area contributed by atoms with E-state index in [0.29, 0.717) is 11.0 Å². The first-order valence-electron chi connectivity index (χ1n) is 6.16. The predicted molar refractivity (Wildman–Crippen MR) is 66.1 cm³/mol. The fraction of sp³-hybridized carbons (Fsp3) is 0.667. The average Bonchev–Trinajstić information content (AvgIpc) is 2.36. The lowest BCUT2D eigenvalue weighted by Gasteiger charge is -2.45. The number of anilines is 1. The maximum absolute atomic E-state index is 10.1. The zero-order valence-electron chi connectivity index (χ0n) is 9.59. The van der Waals surface area contributed by atoms with Crippen molar-refractivity contribution in [1.29, 1.82) is 0 Å². The fourth-order valence-electron chi connectivity index (χ4n) is 3.00. The molecule has 2 fully saturated rings. The molecule has 0 spiro atoms. The Morgan fingerprint density at radius 3 is 2.76 bits per heavy atom. The van der Waals surface area contributed by atoms with E-state index in [2.05, 4.69) is 14.9 Å². The van der Waals surface area contributed by atoms with Crippen molar-refractivity contribution < 1.29 is 5.11 Å². The molecule has 4 nitrogen and oxygen atoms in total. The highest BCUT2D eigenvalue weighted by atomic mass is 35.5. The summed E-state index contributed by atoms with van der Waals surface area (Å²) in [5.74, 6) is 1.46. The molecule has 5 heteroatoms. The van der Waals surface area contributed by atoms with Crippen LogP contribution < -0.4 is 4.90 Å². The molecule has 1 aromatic rings. The van der Waals surface area contributed by atoms with Crippen LogP contribution in [0.1, 0.15) is 25.7 Å². The summed E-state index contributed by atoms with van der Waals surface area (Å²) < 4.78 is 0. The summed E-state index contributed by atoms with van der Waals surface area (Å²) in [7, 11) is 0. The number of rotatable bonds is 1. The molecule has 2 aliphatic rings. The topological polar surface area (TPSA) is 49.2 Å². The van der Waals surface area contributed by atoms with Crippen LogP contribution in [0.5, 0.6) is 0 Å². The van der Waals surface area contributed by atoms with Crippen LogP contribution in [-0.2, 0) is 0 Å². The number of piperidine rings is 1. The Morgan fingerprint density at radius 2 is 2.00 bits per heavy atom. The number of aliphatic hydroxyl groups excluding tert-OH is 1. The van der Waals surface area contributed by atoms with Crippen molar-refractivity contribution in [1.82, 2.24) is 9.97 Å². The van der Waals surface area contributed by atoms with Crippen molar-refractivity contribution in [3.8, 4) is 0 Å². The smallest absolute Gasteiger partial charge is 0.225 e. The molecule has 3 rings (SSSR count). The molecule has 0 aromatic carbocycles. The lowest BCUT2D eigenvalue weighted by Crippen LogP contribution is -2.52. The van der Waals surface area contributed by atoms with Crippen LogP contribution in [0.2, 0.25) is 5.02 Å². The molecule has 1 aromatic heterocycles. The molecule has 1 saturated heterocycles. The van der Waals surface area contributed by atoms with Crippen molar-refractivity contribution in [2.45, 2.75) is 37.8 Å². The highest BCUT2D eigenvalue weighted by Gasteiger charge is 2.38. The van der Waals surface area contributed by atoms with Crippen LogP contribution in [0.25, 0.3) is 0 Å². The normalized spacial score (nSPS) is 32.6. The van der Waals surface area contributed by atoms with E-state index in [9.17, 15) is 5.11 Å². The molecule has 17 heavy (non-hydrogen) atoms. The summed E-state index contributed by atoms with van der Waals surface area (Å²) in [6, 6.07) is 0.184. The molecular weight excluding hydrogens is 238 g/mol. The Morgan fingerprint density at radius 1 is 1.24 bits per heavy atom. The van der Waals surface area contributed by atoms with Crippen molar-refractivity contribution in [3.05, 3.63) is 17.4 Å². The second-order valence-electron chi connectivity index (χ2n) is 5.00. The SMILES string of the molecule is OC1CCC2CCN(c3ncc(Cl)cn3)C1C2. The van der Waals surface area contributed by atoms with Crippen molar-refractivity contribution in [3.63, 3.8) is 0 Å². The highest BCUT2D eigenvalue weighted by Crippen LogP contribution is 2.36. The number of aliphatic hydroxyl groups is 1. The summed E-state index contributed by atoms with van der Waals surface area (Å²) in [6.45, 7) is 0.939. The molecular formula is C12H16ClN3O. The van der Waals surface area contributed by atoms with Gasteiger partial charge in [-0.25, -0.2) is 9.97 Å². The van der Waals surface area contributed by atoms with Gasteiger partial charge in [0.05, 0.1) is 29.6 Å². The molecule has 2 bridgehead atoms. The molecule has 0 amide bonds. The van der Waals surface area contributed by atoms with Gasteiger partial charge in [-0.15, -0.1) is 0 Å². The highest BCUT2D eigenvalue weighted by molar-refractivity contribution is 6.30. The largest absolute Gasteiger partial charge is 0.391 e. The molecule has 2 heterocycles. The van der Waals surface area contributed by atoms with Crippen LogP contribution in [-0.4, -0.2) is 33.8 Å². The third-order valence-corrected chi connectivity index (χ3v) is 4.13. The Bertz CT molecular complexity index is 397. The summed E-state index contributed by atoms with van der Waals surface area (Å²) >= 11 is 5.79. The molecule has 1 saturated carbocycles. The van der Waals surface area contributed by atoms with E-state index in [1.165, 1.54) is 6.42 Å². The summed E-state index contributed by atoms with van der Waals surface area (Å²) in [4.78, 5) is 10.6. The second-order valence-corrected chi connectivity index (χ2v) is 5.43. The maximum Gasteiger partial charge on any atom is 0.225 e. The van der Waals surface area contributed by atoms with E-state index < -0.39 is 0 Å². The van der Waals surface area contributed by atoms with Crippen molar-refractivity contribution >= 4 is 17.5 Å². The van der Waals surface area contributed by atoms with Gasteiger partial charge >= 0.3 is 0 Å².